The largest absolute Gasteiger partial charge is 0.460 e. The minimum Gasteiger partial charge on any atom is -0.460 e. The summed E-state index contributed by atoms with van der Waals surface area (Å²) in [5.74, 6) is -0.611. The van der Waals surface area contributed by atoms with Gasteiger partial charge in [0.2, 0.25) is 0 Å². The quantitative estimate of drug-likeness (QED) is 0.728. The summed E-state index contributed by atoms with van der Waals surface area (Å²) in [6, 6.07) is 3.53. The first-order valence-electron chi connectivity index (χ1n) is 4.40. The normalized spacial score (nSPS) is 10.5. The van der Waals surface area contributed by atoms with E-state index in [9.17, 15) is 4.79 Å². The molecule has 0 bridgehead atoms. The van der Waals surface area contributed by atoms with Crippen LogP contribution in [-0.2, 0) is 4.74 Å². The van der Waals surface area contributed by atoms with Gasteiger partial charge in [0.15, 0.2) is 5.15 Å². The average molecular weight is 226 g/mol. The monoisotopic (exact) mass is 225 g/mol. The van der Waals surface area contributed by atoms with Crippen molar-refractivity contribution < 1.29 is 9.53 Å². The van der Waals surface area contributed by atoms with Gasteiger partial charge in [0.1, 0.15) is 5.52 Å². The average Bonchev–Trinajstić information content (AvgIpc) is 2.66. The fourth-order valence-electron chi connectivity index (χ4n) is 1.18. The molecule has 5 nitrogen and oxygen atoms in total. The molecule has 0 amide bonds. The lowest BCUT2D eigenvalue weighted by Gasteiger charge is -2.02. The minimum absolute atomic E-state index is 0.0365. The Kier molecular flexibility index (Phi) is 2.55. The Morgan fingerprint density at radius 1 is 1.67 bits per heavy atom. The SMILES string of the molecule is CCOC(=O)c1nc(Cl)c2cccn2n1. The highest BCUT2D eigenvalue weighted by Crippen LogP contribution is 2.14. The van der Waals surface area contributed by atoms with E-state index in [2.05, 4.69) is 10.1 Å². The predicted octanol–water partition coefficient (Wildman–Crippen LogP) is 1.56. The van der Waals surface area contributed by atoms with E-state index in [-0.39, 0.29) is 17.6 Å². The summed E-state index contributed by atoms with van der Waals surface area (Å²) < 4.78 is 6.26. The molecule has 2 aromatic heterocycles. The first-order chi connectivity index (χ1) is 7.22. The lowest BCUT2D eigenvalue weighted by atomic mass is 10.5. The third-order valence-electron chi connectivity index (χ3n) is 1.80. The van der Waals surface area contributed by atoms with Gasteiger partial charge in [-0.15, -0.1) is 5.10 Å². The Labute approximate surface area is 90.6 Å². The molecule has 0 unspecified atom stereocenters. The van der Waals surface area contributed by atoms with Crippen molar-refractivity contribution in [3.8, 4) is 0 Å². The topological polar surface area (TPSA) is 56.5 Å². The van der Waals surface area contributed by atoms with E-state index in [0.29, 0.717) is 5.52 Å². The summed E-state index contributed by atoms with van der Waals surface area (Å²) in [5.41, 5.74) is 0.657. The lowest BCUT2D eigenvalue weighted by Crippen LogP contribution is -2.12. The van der Waals surface area contributed by atoms with Gasteiger partial charge in [0.25, 0.3) is 5.82 Å². The zero-order valence-electron chi connectivity index (χ0n) is 7.98. The molecule has 2 rings (SSSR count). The van der Waals surface area contributed by atoms with Gasteiger partial charge in [-0.2, -0.15) is 0 Å². The molecule has 6 heteroatoms. The Morgan fingerprint density at radius 2 is 2.47 bits per heavy atom. The summed E-state index contributed by atoms with van der Waals surface area (Å²) in [4.78, 5) is 15.2. The number of hydrogen-bond acceptors (Lipinski definition) is 4. The summed E-state index contributed by atoms with van der Waals surface area (Å²) >= 11 is 5.87. The molecular formula is C9H8ClN3O2. The summed E-state index contributed by atoms with van der Waals surface area (Å²) in [6.07, 6.45) is 1.69. The number of esters is 1. The number of carbonyl (C=O) groups is 1. The van der Waals surface area contributed by atoms with Crippen molar-refractivity contribution in [3.05, 3.63) is 29.3 Å². The van der Waals surface area contributed by atoms with E-state index in [1.165, 1.54) is 4.52 Å². The van der Waals surface area contributed by atoms with E-state index in [4.69, 9.17) is 16.3 Å². The second-order valence-corrected chi connectivity index (χ2v) is 3.14. The number of nitrogens with zero attached hydrogens (tertiary/aromatic N) is 3. The van der Waals surface area contributed by atoms with Gasteiger partial charge in [-0.25, -0.2) is 14.3 Å². The highest BCUT2D eigenvalue weighted by Gasteiger charge is 2.13. The predicted molar refractivity (Wildman–Crippen MR) is 54.0 cm³/mol. The van der Waals surface area contributed by atoms with Crippen molar-refractivity contribution in [2.75, 3.05) is 6.61 Å². The van der Waals surface area contributed by atoms with Crippen LogP contribution in [0.4, 0.5) is 0 Å². The van der Waals surface area contributed by atoms with Crippen LogP contribution in [0.5, 0.6) is 0 Å². The first kappa shape index (κ1) is 9.92. The maximum absolute atomic E-state index is 11.3. The third kappa shape index (κ3) is 1.78. The Morgan fingerprint density at radius 3 is 3.20 bits per heavy atom. The highest BCUT2D eigenvalue weighted by molar-refractivity contribution is 6.32. The number of aromatic nitrogens is 3. The van der Waals surface area contributed by atoms with Gasteiger partial charge in [-0.3, -0.25) is 0 Å². The smallest absolute Gasteiger partial charge is 0.378 e. The molecule has 0 fully saturated rings. The van der Waals surface area contributed by atoms with Gasteiger partial charge in [-0.1, -0.05) is 11.6 Å². The van der Waals surface area contributed by atoms with E-state index >= 15 is 0 Å². The minimum atomic E-state index is -0.574. The molecule has 0 atom stereocenters. The molecule has 0 aliphatic carbocycles. The third-order valence-corrected chi connectivity index (χ3v) is 2.08. The van der Waals surface area contributed by atoms with Crippen LogP contribution in [0.1, 0.15) is 17.5 Å². The van der Waals surface area contributed by atoms with Gasteiger partial charge in [0.05, 0.1) is 6.61 Å². The Bertz CT molecular complexity index is 509. The van der Waals surface area contributed by atoms with Crippen molar-refractivity contribution in [1.29, 1.82) is 0 Å². The maximum atomic E-state index is 11.3. The molecule has 0 aliphatic heterocycles. The van der Waals surface area contributed by atoms with Crippen LogP contribution in [0.15, 0.2) is 18.3 Å². The molecule has 0 N–H and O–H groups in total. The number of carbonyl (C=O) groups excluding carboxylic acids is 1. The number of fused-ring (bicyclic) bond motifs is 1. The van der Waals surface area contributed by atoms with E-state index in [0.717, 1.165) is 0 Å². The zero-order valence-corrected chi connectivity index (χ0v) is 8.73. The fraction of sp³-hybridized carbons (Fsp3) is 0.222. The van der Waals surface area contributed by atoms with Crippen LogP contribution in [0.3, 0.4) is 0 Å². The van der Waals surface area contributed by atoms with Crippen molar-refractivity contribution in [2.45, 2.75) is 6.92 Å². The first-order valence-corrected chi connectivity index (χ1v) is 4.78. The molecule has 0 aromatic carbocycles. The Balaban J connectivity index is 2.49. The molecule has 0 spiro atoms. The van der Waals surface area contributed by atoms with E-state index in [1.54, 1.807) is 25.3 Å². The van der Waals surface area contributed by atoms with Crippen molar-refractivity contribution in [1.82, 2.24) is 14.6 Å². The number of rotatable bonds is 2. The van der Waals surface area contributed by atoms with Gasteiger partial charge in [0, 0.05) is 6.20 Å². The molecule has 0 saturated heterocycles. The highest BCUT2D eigenvalue weighted by atomic mass is 35.5. The van der Waals surface area contributed by atoms with Crippen molar-refractivity contribution >= 4 is 23.1 Å². The van der Waals surface area contributed by atoms with Crippen LogP contribution in [0, 0.1) is 0 Å². The number of ether oxygens (including phenoxy) is 1. The van der Waals surface area contributed by atoms with Crippen LogP contribution >= 0.6 is 11.6 Å². The molecule has 78 valence electrons. The Hall–Kier alpha value is -1.62. The zero-order chi connectivity index (χ0) is 10.8. The van der Waals surface area contributed by atoms with Crippen molar-refractivity contribution in [2.24, 2.45) is 0 Å². The number of halogens is 1. The van der Waals surface area contributed by atoms with E-state index in [1.807, 2.05) is 0 Å². The summed E-state index contributed by atoms with van der Waals surface area (Å²) in [7, 11) is 0. The van der Waals surface area contributed by atoms with Crippen molar-refractivity contribution in [3.63, 3.8) is 0 Å². The van der Waals surface area contributed by atoms with Crippen LogP contribution in [0.2, 0.25) is 5.15 Å². The molecule has 0 aliphatic rings. The summed E-state index contributed by atoms with van der Waals surface area (Å²) in [5, 5.41) is 4.20. The van der Waals surface area contributed by atoms with Gasteiger partial charge in [-0.05, 0) is 19.1 Å². The van der Waals surface area contributed by atoms with E-state index < -0.39 is 5.97 Å². The lowest BCUT2D eigenvalue weighted by molar-refractivity contribution is 0.0510. The second kappa shape index (κ2) is 3.86. The van der Waals surface area contributed by atoms with Gasteiger partial charge < -0.3 is 4.74 Å². The molecule has 2 aromatic rings. The standard InChI is InChI=1S/C9H8ClN3O2/c1-2-15-9(14)8-11-7(10)6-4-3-5-13(6)12-8/h3-5H,2H2,1H3. The van der Waals surface area contributed by atoms with Gasteiger partial charge >= 0.3 is 5.97 Å². The van der Waals surface area contributed by atoms with Crippen LogP contribution in [0.25, 0.3) is 5.52 Å². The molecule has 0 radical (unpaired) electrons. The second-order valence-electron chi connectivity index (χ2n) is 2.78. The fourth-order valence-corrected chi connectivity index (χ4v) is 1.41. The summed E-state index contributed by atoms with van der Waals surface area (Å²) in [6.45, 7) is 2.00. The molecular weight excluding hydrogens is 218 g/mol. The molecule has 2 heterocycles. The number of hydrogen-bond donors (Lipinski definition) is 0. The molecule has 15 heavy (non-hydrogen) atoms. The van der Waals surface area contributed by atoms with Crippen LogP contribution < -0.4 is 0 Å². The van der Waals surface area contributed by atoms with Crippen LogP contribution in [-0.4, -0.2) is 27.2 Å². The maximum Gasteiger partial charge on any atom is 0.378 e. The molecule has 0 saturated carbocycles.